The van der Waals surface area contributed by atoms with Crippen LogP contribution >= 0.6 is 0 Å². The number of hydrogen-bond donors (Lipinski definition) is 3. The maximum atomic E-state index is 12.3. The van der Waals surface area contributed by atoms with Gasteiger partial charge in [0.1, 0.15) is 0 Å². The second-order valence-corrected chi connectivity index (χ2v) is 14.1. The minimum Gasteiger partial charge on any atom is -0.394 e. The molecule has 1 amide bonds. The third-order valence-corrected chi connectivity index (χ3v) is 9.52. The standard InChI is InChI=1S/C41H81NO3/c1-3-5-7-9-11-13-15-16-17-18-19-20-21-22-23-24-25-26-27-28-30-32-34-36-40(44)39(38-43)42-41(45)37-35-33-31-29-14-12-10-8-6-4-2/h34,36,39-40,43-44H,3-33,35,37-38H2,1-2H3,(H,42,45)/b36-34+. The molecule has 268 valence electrons. The molecular formula is C41H81NO3. The van der Waals surface area contributed by atoms with Crippen molar-refractivity contribution in [3.63, 3.8) is 0 Å². The first-order valence-corrected chi connectivity index (χ1v) is 20.4. The Bertz CT molecular complexity index is 608. The van der Waals surface area contributed by atoms with Crippen LogP contribution in [0.2, 0.25) is 0 Å². The van der Waals surface area contributed by atoms with Crippen molar-refractivity contribution >= 4 is 5.91 Å². The molecule has 0 saturated carbocycles. The van der Waals surface area contributed by atoms with Gasteiger partial charge in [0.25, 0.3) is 0 Å². The highest BCUT2D eigenvalue weighted by Crippen LogP contribution is 2.16. The van der Waals surface area contributed by atoms with Crippen LogP contribution in [-0.4, -0.2) is 34.9 Å². The highest BCUT2D eigenvalue weighted by Gasteiger charge is 2.17. The molecule has 0 aromatic heterocycles. The van der Waals surface area contributed by atoms with Gasteiger partial charge in [0.2, 0.25) is 5.91 Å². The van der Waals surface area contributed by atoms with Crippen LogP contribution in [0.3, 0.4) is 0 Å². The summed E-state index contributed by atoms with van der Waals surface area (Å²) in [7, 11) is 0. The van der Waals surface area contributed by atoms with Crippen molar-refractivity contribution in [2.75, 3.05) is 6.61 Å². The molecule has 0 aliphatic rings. The van der Waals surface area contributed by atoms with Crippen molar-refractivity contribution in [2.24, 2.45) is 0 Å². The number of allylic oxidation sites excluding steroid dienone is 1. The van der Waals surface area contributed by atoms with Crippen molar-refractivity contribution < 1.29 is 15.0 Å². The molecule has 2 atom stereocenters. The number of carbonyl (C=O) groups excluding carboxylic acids is 1. The van der Waals surface area contributed by atoms with Gasteiger partial charge in [-0.3, -0.25) is 4.79 Å². The molecular weight excluding hydrogens is 554 g/mol. The van der Waals surface area contributed by atoms with E-state index in [1.54, 1.807) is 6.08 Å². The lowest BCUT2D eigenvalue weighted by molar-refractivity contribution is -0.123. The van der Waals surface area contributed by atoms with E-state index in [4.69, 9.17) is 0 Å². The molecule has 4 nitrogen and oxygen atoms in total. The molecule has 2 unspecified atom stereocenters. The van der Waals surface area contributed by atoms with Gasteiger partial charge in [-0.1, -0.05) is 212 Å². The second kappa shape index (κ2) is 37.6. The van der Waals surface area contributed by atoms with E-state index >= 15 is 0 Å². The summed E-state index contributed by atoms with van der Waals surface area (Å²) < 4.78 is 0. The highest BCUT2D eigenvalue weighted by molar-refractivity contribution is 5.76. The van der Waals surface area contributed by atoms with Gasteiger partial charge in [-0.25, -0.2) is 0 Å². The highest BCUT2D eigenvalue weighted by atomic mass is 16.3. The van der Waals surface area contributed by atoms with Crippen LogP contribution in [0.5, 0.6) is 0 Å². The summed E-state index contributed by atoms with van der Waals surface area (Å²) in [5.41, 5.74) is 0. The Kier molecular flexibility index (Phi) is 36.9. The molecule has 0 fully saturated rings. The minimum absolute atomic E-state index is 0.0644. The molecule has 0 heterocycles. The van der Waals surface area contributed by atoms with Crippen molar-refractivity contribution in [1.82, 2.24) is 5.32 Å². The third kappa shape index (κ3) is 34.3. The maximum absolute atomic E-state index is 12.3. The zero-order valence-corrected chi connectivity index (χ0v) is 30.7. The molecule has 0 radical (unpaired) electrons. The SMILES string of the molecule is CCCCCCCCCCCCCCCCCCCCCCC/C=C/C(O)C(CO)NC(=O)CCCCCCCCCCCC. The zero-order valence-electron chi connectivity index (χ0n) is 30.7. The quantitative estimate of drug-likeness (QED) is 0.0470. The van der Waals surface area contributed by atoms with E-state index < -0.39 is 12.1 Å². The Hall–Kier alpha value is -0.870. The maximum Gasteiger partial charge on any atom is 0.220 e. The van der Waals surface area contributed by atoms with Crippen molar-refractivity contribution in [3.05, 3.63) is 12.2 Å². The van der Waals surface area contributed by atoms with Crippen LogP contribution in [0.15, 0.2) is 12.2 Å². The average Bonchev–Trinajstić information content (AvgIpc) is 3.04. The molecule has 0 bridgehead atoms. The van der Waals surface area contributed by atoms with Gasteiger partial charge in [-0.2, -0.15) is 0 Å². The van der Waals surface area contributed by atoms with E-state index in [2.05, 4.69) is 19.2 Å². The van der Waals surface area contributed by atoms with Gasteiger partial charge in [0.15, 0.2) is 0 Å². The van der Waals surface area contributed by atoms with Crippen molar-refractivity contribution in [2.45, 2.75) is 238 Å². The first kappa shape index (κ1) is 44.1. The molecule has 0 aliphatic heterocycles. The molecule has 3 N–H and O–H groups in total. The summed E-state index contributed by atoms with van der Waals surface area (Å²) in [6, 6.07) is -0.614. The van der Waals surface area contributed by atoms with Crippen LogP contribution in [-0.2, 0) is 4.79 Å². The molecule has 0 saturated heterocycles. The molecule has 0 aliphatic carbocycles. The number of unbranched alkanes of at least 4 members (excludes halogenated alkanes) is 30. The Morgan fingerprint density at radius 1 is 0.511 bits per heavy atom. The molecule has 0 rings (SSSR count). The van der Waals surface area contributed by atoms with Crippen LogP contribution < -0.4 is 5.32 Å². The lowest BCUT2D eigenvalue weighted by Crippen LogP contribution is -2.45. The molecule has 0 spiro atoms. The lowest BCUT2D eigenvalue weighted by Gasteiger charge is -2.20. The summed E-state index contributed by atoms with van der Waals surface area (Å²) in [5.74, 6) is -0.0644. The summed E-state index contributed by atoms with van der Waals surface area (Å²) in [6.07, 6.45) is 46.0. The van der Waals surface area contributed by atoms with Crippen molar-refractivity contribution in [3.8, 4) is 0 Å². The lowest BCUT2D eigenvalue weighted by atomic mass is 10.0. The van der Waals surface area contributed by atoms with E-state index in [-0.39, 0.29) is 12.5 Å². The summed E-state index contributed by atoms with van der Waals surface area (Å²) in [5, 5.41) is 22.9. The van der Waals surface area contributed by atoms with Crippen LogP contribution in [0, 0.1) is 0 Å². The molecule has 4 heteroatoms. The van der Waals surface area contributed by atoms with Gasteiger partial charge in [-0.15, -0.1) is 0 Å². The number of carbonyl (C=O) groups is 1. The third-order valence-electron chi connectivity index (χ3n) is 9.52. The monoisotopic (exact) mass is 636 g/mol. The predicted octanol–water partition coefficient (Wildman–Crippen LogP) is 12.3. The van der Waals surface area contributed by atoms with Gasteiger partial charge >= 0.3 is 0 Å². The average molecular weight is 636 g/mol. The first-order chi connectivity index (χ1) is 22.2. The predicted molar refractivity (Wildman–Crippen MR) is 198 cm³/mol. The van der Waals surface area contributed by atoms with Gasteiger partial charge < -0.3 is 15.5 Å². The fourth-order valence-corrected chi connectivity index (χ4v) is 6.35. The fourth-order valence-electron chi connectivity index (χ4n) is 6.35. The molecule has 0 aromatic carbocycles. The largest absolute Gasteiger partial charge is 0.394 e. The van der Waals surface area contributed by atoms with Crippen LogP contribution in [0.4, 0.5) is 0 Å². The van der Waals surface area contributed by atoms with Crippen LogP contribution in [0.1, 0.15) is 226 Å². The second-order valence-electron chi connectivity index (χ2n) is 14.1. The van der Waals surface area contributed by atoms with E-state index in [1.165, 1.54) is 180 Å². The number of nitrogens with one attached hydrogen (secondary N) is 1. The summed E-state index contributed by atoms with van der Waals surface area (Å²) in [6.45, 7) is 4.30. The zero-order chi connectivity index (χ0) is 32.9. The van der Waals surface area contributed by atoms with Gasteiger partial charge in [0.05, 0.1) is 18.8 Å². The van der Waals surface area contributed by atoms with E-state index in [0.717, 1.165) is 25.7 Å². The normalized spacial score (nSPS) is 13.1. The van der Waals surface area contributed by atoms with E-state index in [0.29, 0.717) is 6.42 Å². The number of rotatable bonds is 37. The minimum atomic E-state index is -0.832. The summed E-state index contributed by atoms with van der Waals surface area (Å²) >= 11 is 0. The van der Waals surface area contributed by atoms with E-state index in [1.807, 2.05) is 6.08 Å². The van der Waals surface area contributed by atoms with Crippen LogP contribution in [0.25, 0.3) is 0 Å². The number of amides is 1. The number of hydrogen-bond acceptors (Lipinski definition) is 3. The Morgan fingerprint density at radius 3 is 1.16 bits per heavy atom. The Balaban J connectivity index is 3.50. The van der Waals surface area contributed by atoms with Crippen molar-refractivity contribution in [1.29, 1.82) is 0 Å². The number of aliphatic hydroxyl groups is 2. The Labute approximate surface area is 282 Å². The first-order valence-electron chi connectivity index (χ1n) is 20.4. The molecule has 45 heavy (non-hydrogen) atoms. The smallest absolute Gasteiger partial charge is 0.220 e. The molecule has 0 aromatic rings. The number of aliphatic hydroxyl groups excluding tert-OH is 2. The van der Waals surface area contributed by atoms with Gasteiger partial charge in [0, 0.05) is 6.42 Å². The fraction of sp³-hybridized carbons (Fsp3) is 0.927. The summed E-state index contributed by atoms with van der Waals surface area (Å²) in [4.78, 5) is 12.3. The van der Waals surface area contributed by atoms with E-state index in [9.17, 15) is 15.0 Å². The topological polar surface area (TPSA) is 69.6 Å². The van der Waals surface area contributed by atoms with Gasteiger partial charge in [-0.05, 0) is 19.3 Å². The Morgan fingerprint density at radius 2 is 0.822 bits per heavy atom.